The number of nitrogens with one attached hydrogen (secondary N) is 1. The average Bonchev–Trinajstić information content (AvgIpc) is 2.76. The zero-order chi connectivity index (χ0) is 14.5. The quantitative estimate of drug-likeness (QED) is 0.844. The highest BCUT2D eigenvalue weighted by Crippen LogP contribution is 2.17. The Hall–Kier alpha value is -0.420. The minimum atomic E-state index is -0.423. The number of hydrogen-bond donors (Lipinski definition) is 1. The van der Waals surface area contributed by atoms with Gasteiger partial charge in [0, 0.05) is 25.4 Å². The third-order valence-electron chi connectivity index (χ3n) is 2.98. The highest BCUT2D eigenvalue weighted by molar-refractivity contribution is 7.99. The molecule has 112 valence electrons. The molecule has 2 unspecified atom stereocenters. The Balaban J connectivity index is 2.22. The van der Waals surface area contributed by atoms with Crippen LogP contribution in [0.25, 0.3) is 0 Å². The highest BCUT2D eigenvalue weighted by Gasteiger charge is 2.21. The maximum atomic E-state index is 11.8. The van der Waals surface area contributed by atoms with Crippen molar-refractivity contribution in [3.63, 3.8) is 0 Å². The molecule has 1 rings (SSSR count). The Morgan fingerprint density at radius 3 is 2.74 bits per heavy atom. The van der Waals surface area contributed by atoms with Crippen LogP contribution in [-0.4, -0.2) is 54.3 Å². The molecule has 0 bridgehead atoms. The summed E-state index contributed by atoms with van der Waals surface area (Å²) in [6.45, 7) is 9.51. The van der Waals surface area contributed by atoms with Crippen molar-refractivity contribution in [3.8, 4) is 0 Å². The van der Waals surface area contributed by atoms with E-state index in [1.54, 1.807) is 11.9 Å². The molecule has 19 heavy (non-hydrogen) atoms. The van der Waals surface area contributed by atoms with Crippen molar-refractivity contribution in [2.45, 2.75) is 45.8 Å². The van der Waals surface area contributed by atoms with Crippen LogP contribution < -0.4 is 5.32 Å². The lowest BCUT2D eigenvalue weighted by molar-refractivity contribution is 0.0276. The molecule has 0 radical (unpaired) electrons. The maximum Gasteiger partial charge on any atom is 0.410 e. The smallest absolute Gasteiger partial charge is 0.410 e. The van der Waals surface area contributed by atoms with Crippen molar-refractivity contribution in [1.82, 2.24) is 10.2 Å². The van der Waals surface area contributed by atoms with Gasteiger partial charge in [-0.15, -0.1) is 0 Å². The predicted molar refractivity (Wildman–Crippen MR) is 81.8 cm³/mol. The molecule has 1 aliphatic heterocycles. The van der Waals surface area contributed by atoms with E-state index in [1.165, 1.54) is 17.9 Å². The Kier molecular flexibility index (Phi) is 6.47. The van der Waals surface area contributed by atoms with Gasteiger partial charge in [0.15, 0.2) is 0 Å². The molecule has 2 atom stereocenters. The number of amides is 1. The predicted octanol–water partition coefficient (Wildman–Crippen LogP) is 2.58. The first-order valence-corrected chi connectivity index (χ1v) is 8.18. The van der Waals surface area contributed by atoms with Crippen LogP contribution in [0.5, 0.6) is 0 Å². The zero-order valence-corrected chi connectivity index (χ0v) is 13.7. The fourth-order valence-corrected chi connectivity index (χ4v) is 3.20. The summed E-state index contributed by atoms with van der Waals surface area (Å²) in [5, 5.41) is 3.57. The molecule has 5 heteroatoms. The van der Waals surface area contributed by atoms with Crippen molar-refractivity contribution >= 4 is 17.9 Å². The minimum Gasteiger partial charge on any atom is -0.444 e. The van der Waals surface area contributed by atoms with Crippen LogP contribution in [0.2, 0.25) is 0 Å². The molecule has 4 nitrogen and oxygen atoms in total. The third kappa shape index (κ3) is 7.06. The van der Waals surface area contributed by atoms with Crippen molar-refractivity contribution in [1.29, 1.82) is 0 Å². The van der Waals surface area contributed by atoms with E-state index in [0.29, 0.717) is 12.0 Å². The largest absolute Gasteiger partial charge is 0.444 e. The van der Waals surface area contributed by atoms with Crippen LogP contribution in [0.3, 0.4) is 0 Å². The van der Waals surface area contributed by atoms with Crippen LogP contribution in [-0.2, 0) is 4.74 Å². The Labute approximate surface area is 121 Å². The van der Waals surface area contributed by atoms with Gasteiger partial charge in [-0.05, 0) is 45.4 Å². The fraction of sp³-hybridized carbons (Fsp3) is 0.929. The first kappa shape index (κ1) is 16.6. The van der Waals surface area contributed by atoms with Gasteiger partial charge in [0.2, 0.25) is 0 Å². The van der Waals surface area contributed by atoms with Gasteiger partial charge in [0.05, 0.1) is 0 Å². The van der Waals surface area contributed by atoms with E-state index in [0.717, 1.165) is 13.1 Å². The lowest BCUT2D eigenvalue weighted by Crippen LogP contribution is -2.40. The van der Waals surface area contributed by atoms with E-state index in [2.05, 4.69) is 12.2 Å². The van der Waals surface area contributed by atoms with Crippen molar-refractivity contribution in [3.05, 3.63) is 0 Å². The molecular weight excluding hydrogens is 260 g/mol. The van der Waals surface area contributed by atoms with E-state index in [4.69, 9.17) is 4.74 Å². The second kappa shape index (κ2) is 7.39. The molecule has 0 aromatic carbocycles. The molecule has 1 N–H and O–H groups in total. The van der Waals surface area contributed by atoms with Gasteiger partial charge in [-0.25, -0.2) is 4.79 Å². The first-order valence-electron chi connectivity index (χ1n) is 7.03. The third-order valence-corrected chi connectivity index (χ3v) is 4.14. The summed E-state index contributed by atoms with van der Waals surface area (Å²) in [7, 11) is 1.80. The van der Waals surface area contributed by atoms with Crippen LogP contribution in [0, 0.1) is 5.92 Å². The number of thioether (sulfide) groups is 1. The standard InChI is InChI=1S/C14H28N2O2S/c1-11(8-15-12-6-7-19-10-12)9-16(5)13(17)18-14(2,3)4/h11-12,15H,6-10H2,1-5H3. The van der Waals surface area contributed by atoms with Gasteiger partial charge in [-0.3, -0.25) is 0 Å². The summed E-state index contributed by atoms with van der Waals surface area (Å²) in [5.74, 6) is 2.92. The van der Waals surface area contributed by atoms with Crippen LogP contribution in [0.15, 0.2) is 0 Å². The van der Waals surface area contributed by atoms with E-state index in [9.17, 15) is 4.79 Å². The molecule has 0 aromatic heterocycles. The molecule has 0 saturated carbocycles. The number of carbonyl (C=O) groups is 1. The fourth-order valence-electron chi connectivity index (χ4n) is 2.01. The number of rotatable bonds is 5. The molecule has 0 aliphatic carbocycles. The number of ether oxygens (including phenoxy) is 1. The summed E-state index contributed by atoms with van der Waals surface area (Å²) < 4.78 is 5.34. The van der Waals surface area contributed by atoms with E-state index in [1.807, 2.05) is 32.5 Å². The van der Waals surface area contributed by atoms with Gasteiger partial charge in [0.25, 0.3) is 0 Å². The van der Waals surface area contributed by atoms with Crippen LogP contribution in [0.1, 0.15) is 34.1 Å². The van der Waals surface area contributed by atoms with Crippen LogP contribution in [0.4, 0.5) is 4.79 Å². The SMILES string of the molecule is CC(CNC1CCSC1)CN(C)C(=O)OC(C)(C)C. The summed E-state index contributed by atoms with van der Waals surface area (Å²) in [4.78, 5) is 13.5. The summed E-state index contributed by atoms with van der Waals surface area (Å²) in [6.07, 6.45) is 1.02. The van der Waals surface area contributed by atoms with Gasteiger partial charge >= 0.3 is 6.09 Å². The lowest BCUT2D eigenvalue weighted by atomic mass is 10.1. The van der Waals surface area contributed by atoms with Gasteiger partial charge in [-0.2, -0.15) is 11.8 Å². The molecule has 1 aliphatic rings. The molecule has 1 amide bonds. The van der Waals surface area contributed by atoms with E-state index in [-0.39, 0.29) is 6.09 Å². The molecule has 0 spiro atoms. The Morgan fingerprint density at radius 1 is 1.53 bits per heavy atom. The molecule has 0 aromatic rings. The van der Waals surface area contributed by atoms with Gasteiger partial charge in [-0.1, -0.05) is 6.92 Å². The zero-order valence-electron chi connectivity index (χ0n) is 12.9. The normalized spacial score (nSPS) is 21.2. The van der Waals surface area contributed by atoms with Crippen molar-refractivity contribution < 1.29 is 9.53 Å². The Bertz CT molecular complexity index is 286. The first-order chi connectivity index (χ1) is 8.78. The summed E-state index contributed by atoms with van der Waals surface area (Å²) in [5.41, 5.74) is -0.423. The molecule has 1 heterocycles. The Morgan fingerprint density at radius 2 is 2.21 bits per heavy atom. The lowest BCUT2D eigenvalue weighted by Gasteiger charge is -2.27. The second-order valence-electron chi connectivity index (χ2n) is 6.43. The summed E-state index contributed by atoms with van der Waals surface area (Å²) in [6, 6.07) is 0.652. The number of nitrogens with zero attached hydrogens (tertiary/aromatic N) is 1. The topological polar surface area (TPSA) is 41.6 Å². The van der Waals surface area contributed by atoms with Gasteiger partial charge in [0.1, 0.15) is 5.60 Å². The molecular formula is C14H28N2O2S. The van der Waals surface area contributed by atoms with Crippen LogP contribution >= 0.6 is 11.8 Å². The molecule has 1 fully saturated rings. The highest BCUT2D eigenvalue weighted by atomic mass is 32.2. The van der Waals surface area contributed by atoms with E-state index >= 15 is 0 Å². The maximum absolute atomic E-state index is 11.8. The number of hydrogen-bond acceptors (Lipinski definition) is 4. The number of carbonyl (C=O) groups excluding carboxylic acids is 1. The summed E-state index contributed by atoms with van der Waals surface area (Å²) >= 11 is 2.01. The monoisotopic (exact) mass is 288 g/mol. The van der Waals surface area contributed by atoms with Gasteiger partial charge < -0.3 is 15.0 Å². The van der Waals surface area contributed by atoms with Crippen molar-refractivity contribution in [2.75, 3.05) is 31.6 Å². The second-order valence-corrected chi connectivity index (χ2v) is 7.58. The van der Waals surface area contributed by atoms with Crippen molar-refractivity contribution in [2.24, 2.45) is 5.92 Å². The average molecular weight is 288 g/mol. The van der Waals surface area contributed by atoms with E-state index < -0.39 is 5.60 Å². The molecule has 1 saturated heterocycles. The minimum absolute atomic E-state index is 0.240.